The van der Waals surface area contributed by atoms with Crippen LogP contribution in [0.5, 0.6) is 0 Å². The molecule has 0 fully saturated rings. The fourth-order valence-corrected chi connectivity index (χ4v) is 1.65. The van der Waals surface area contributed by atoms with E-state index >= 15 is 0 Å². The lowest BCUT2D eigenvalue weighted by molar-refractivity contribution is -0.463. The summed E-state index contributed by atoms with van der Waals surface area (Å²) in [5, 5.41) is 29.4. The van der Waals surface area contributed by atoms with E-state index in [4.69, 9.17) is 10.1 Å². The van der Waals surface area contributed by atoms with Crippen molar-refractivity contribution in [3.05, 3.63) is 10.1 Å². The van der Waals surface area contributed by atoms with Crippen LogP contribution in [0, 0.1) is 15.5 Å². The molecule has 1 atom stereocenters. The molecule has 0 aliphatic heterocycles. The van der Waals surface area contributed by atoms with Crippen LogP contribution in [-0.4, -0.2) is 46.6 Å². The Morgan fingerprint density at radius 2 is 2.00 bits per heavy atom. The van der Waals surface area contributed by atoms with Crippen molar-refractivity contribution < 1.29 is 19.6 Å². The lowest BCUT2D eigenvalue weighted by atomic mass is 10.1. The first-order valence-corrected chi connectivity index (χ1v) is 6.92. The average Bonchev–Trinajstić information content (AvgIpc) is 2.29. The zero-order valence-electron chi connectivity index (χ0n) is 13.3. The first-order chi connectivity index (χ1) is 9.64. The SMILES string of the molecule is CC(C)(C)OC(=O)N[C@H](CO)CCCCC(=N)C[N+](=O)[O-].S. The molecular formula is C13H27N3O5S. The largest absolute Gasteiger partial charge is 0.444 e. The molecule has 0 saturated carbocycles. The van der Waals surface area contributed by atoms with Gasteiger partial charge in [-0.05, 0) is 40.0 Å². The summed E-state index contributed by atoms with van der Waals surface area (Å²) in [7, 11) is 0. The number of ether oxygens (including phenoxy) is 1. The Hall–Kier alpha value is -1.35. The molecule has 0 heterocycles. The molecular weight excluding hydrogens is 310 g/mol. The van der Waals surface area contributed by atoms with Crippen molar-refractivity contribution in [3.8, 4) is 0 Å². The van der Waals surface area contributed by atoms with E-state index in [2.05, 4.69) is 5.32 Å². The van der Waals surface area contributed by atoms with E-state index in [0.717, 1.165) is 0 Å². The minimum absolute atomic E-state index is 0. The third-order valence-corrected chi connectivity index (χ3v) is 2.54. The molecule has 9 heteroatoms. The van der Waals surface area contributed by atoms with Crippen LogP contribution < -0.4 is 5.32 Å². The second-order valence-electron chi connectivity index (χ2n) is 5.87. The number of rotatable bonds is 9. The number of nitro groups is 1. The van der Waals surface area contributed by atoms with Crippen molar-refractivity contribution in [1.29, 1.82) is 5.41 Å². The van der Waals surface area contributed by atoms with Gasteiger partial charge in [0.15, 0.2) is 0 Å². The highest BCUT2D eigenvalue weighted by Gasteiger charge is 2.19. The summed E-state index contributed by atoms with van der Waals surface area (Å²) in [6, 6.07) is -0.412. The van der Waals surface area contributed by atoms with Gasteiger partial charge in [0.2, 0.25) is 6.54 Å². The summed E-state index contributed by atoms with van der Waals surface area (Å²) in [6.45, 7) is 4.62. The number of alkyl carbamates (subject to hydrolysis) is 1. The number of amides is 1. The van der Waals surface area contributed by atoms with Crippen molar-refractivity contribution in [3.63, 3.8) is 0 Å². The fourth-order valence-electron chi connectivity index (χ4n) is 1.65. The van der Waals surface area contributed by atoms with Gasteiger partial charge in [0.1, 0.15) is 5.60 Å². The minimum atomic E-state index is -0.596. The van der Waals surface area contributed by atoms with Gasteiger partial charge in [-0.3, -0.25) is 10.1 Å². The highest BCUT2D eigenvalue weighted by atomic mass is 32.1. The van der Waals surface area contributed by atoms with Gasteiger partial charge >= 0.3 is 6.09 Å². The average molecular weight is 337 g/mol. The normalized spacial score (nSPS) is 12.0. The molecule has 0 aromatic heterocycles. The van der Waals surface area contributed by atoms with Gasteiger partial charge in [0.05, 0.1) is 18.4 Å². The van der Waals surface area contributed by atoms with Crippen molar-refractivity contribution in [1.82, 2.24) is 5.32 Å². The molecule has 0 aromatic rings. The first kappa shape index (κ1) is 22.9. The van der Waals surface area contributed by atoms with Crippen LogP contribution in [0.3, 0.4) is 0 Å². The Balaban J connectivity index is 0. The predicted molar refractivity (Wildman–Crippen MR) is 88.7 cm³/mol. The van der Waals surface area contributed by atoms with Crippen molar-refractivity contribution in [2.75, 3.05) is 13.2 Å². The highest BCUT2D eigenvalue weighted by molar-refractivity contribution is 7.59. The van der Waals surface area contributed by atoms with Gasteiger partial charge < -0.3 is 20.6 Å². The molecule has 0 aliphatic rings. The van der Waals surface area contributed by atoms with Crippen LogP contribution >= 0.6 is 13.5 Å². The van der Waals surface area contributed by atoms with E-state index in [9.17, 15) is 20.0 Å². The predicted octanol–water partition coefficient (Wildman–Crippen LogP) is 1.84. The fraction of sp³-hybridized carbons (Fsp3) is 0.846. The molecule has 1 amide bonds. The minimum Gasteiger partial charge on any atom is -0.444 e. The van der Waals surface area contributed by atoms with Crippen molar-refractivity contribution in [2.45, 2.75) is 58.1 Å². The van der Waals surface area contributed by atoms with Gasteiger partial charge in [-0.25, -0.2) is 4.79 Å². The van der Waals surface area contributed by atoms with Gasteiger partial charge in [-0.15, -0.1) is 0 Å². The molecule has 0 radical (unpaired) electrons. The highest BCUT2D eigenvalue weighted by Crippen LogP contribution is 2.09. The summed E-state index contributed by atoms with van der Waals surface area (Å²) < 4.78 is 5.09. The monoisotopic (exact) mass is 337 g/mol. The van der Waals surface area contributed by atoms with Crippen LogP contribution in [-0.2, 0) is 4.74 Å². The summed E-state index contributed by atoms with van der Waals surface area (Å²) in [4.78, 5) is 21.2. The molecule has 0 unspecified atom stereocenters. The van der Waals surface area contributed by atoms with Crippen LogP contribution in [0.1, 0.15) is 46.5 Å². The van der Waals surface area contributed by atoms with Gasteiger partial charge in [0.25, 0.3) is 0 Å². The zero-order valence-corrected chi connectivity index (χ0v) is 14.3. The third-order valence-electron chi connectivity index (χ3n) is 2.54. The number of nitrogens with one attached hydrogen (secondary N) is 2. The van der Waals surface area contributed by atoms with Gasteiger partial charge in [-0.1, -0.05) is 6.42 Å². The summed E-state index contributed by atoms with van der Waals surface area (Å²) in [5.41, 5.74) is -0.512. The van der Waals surface area contributed by atoms with Crippen LogP contribution in [0.2, 0.25) is 0 Å². The van der Waals surface area contributed by atoms with E-state index in [1.165, 1.54) is 0 Å². The smallest absolute Gasteiger partial charge is 0.407 e. The lowest BCUT2D eigenvalue weighted by Gasteiger charge is -2.22. The van der Waals surface area contributed by atoms with E-state index in [1.54, 1.807) is 20.8 Å². The standard InChI is InChI=1S/C13H25N3O5.H2S/c1-13(2,3)21-12(18)15-11(9-17)7-5-4-6-10(14)8-16(19)20;/h11,14,17H,4-9H2,1-3H3,(H,15,18);1H2/t11-;/m0./s1. The maximum absolute atomic E-state index is 11.5. The van der Waals surface area contributed by atoms with Crippen LogP contribution in [0.15, 0.2) is 0 Å². The number of aliphatic hydroxyl groups excluding tert-OH is 1. The summed E-state index contributed by atoms with van der Waals surface area (Å²) in [6.07, 6.45) is 1.57. The molecule has 0 aliphatic carbocycles. The zero-order chi connectivity index (χ0) is 16.5. The molecule has 0 aromatic carbocycles. The Labute approximate surface area is 137 Å². The summed E-state index contributed by atoms with van der Waals surface area (Å²) >= 11 is 0. The number of unbranched alkanes of at least 4 members (excludes halogenated alkanes) is 1. The molecule has 0 saturated heterocycles. The molecule has 0 spiro atoms. The quantitative estimate of drug-likeness (QED) is 0.256. The third kappa shape index (κ3) is 13.6. The van der Waals surface area contributed by atoms with E-state index in [-0.39, 0.29) is 25.8 Å². The first-order valence-electron chi connectivity index (χ1n) is 6.92. The van der Waals surface area contributed by atoms with Gasteiger partial charge in [0, 0.05) is 4.92 Å². The molecule has 0 rings (SSSR count). The number of nitrogens with zero attached hydrogens (tertiary/aromatic N) is 1. The second kappa shape index (κ2) is 11.2. The van der Waals surface area contributed by atoms with Crippen LogP contribution in [0.4, 0.5) is 4.79 Å². The number of carbonyl (C=O) groups excluding carboxylic acids is 1. The van der Waals surface area contributed by atoms with Gasteiger partial charge in [-0.2, -0.15) is 13.5 Å². The van der Waals surface area contributed by atoms with E-state index in [0.29, 0.717) is 25.7 Å². The topological polar surface area (TPSA) is 126 Å². The molecule has 130 valence electrons. The maximum Gasteiger partial charge on any atom is 0.407 e. The van der Waals surface area contributed by atoms with E-state index < -0.39 is 29.2 Å². The van der Waals surface area contributed by atoms with E-state index in [1.807, 2.05) is 0 Å². The Morgan fingerprint density at radius 1 is 1.41 bits per heavy atom. The Bertz CT molecular complexity index is 371. The van der Waals surface area contributed by atoms with Crippen molar-refractivity contribution in [2.24, 2.45) is 0 Å². The Kier molecular flexibility index (Phi) is 11.7. The number of carbonyl (C=O) groups is 1. The summed E-state index contributed by atoms with van der Waals surface area (Å²) in [5.74, 6) is 0. The molecule has 0 bridgehead atoms. The number of aliphatic hydroxyl groups is 1. The molecule has 22 heavy (non-hydrogen) atoms. The van der Waals surface area contributed by atoms with Crippen LogP contribution in [0.25, 0.3) is 0 Å². The maximum atomic E-state index is 11.5. The Morgan fingerprint density at radius 3 is 2.45 bits per heavy atom. The molecule has 8 nitrogen and oxygen atoms in total. The second-order valence-corrected chi connectivity index (χ2v) is 5.87. The number of hydrogen-bond donors (Lipinski definition) is 3. The molecule has 3 N–H and O–H groups in total. The number of hydrogen-bond acceptors (Lipinski definition) is 6. The lowest BCUT2D eigenvalue weighted by Crippen LogP contribution is -2.41. The van der Waals surface area contributed by atoms with Crippen molar-refractivity contribution >= 4 is 25.3 Å².